The van der Waals surface area contributed by atoms with E-state index in [9.17, 15) is 4.79 Å². The highest BCUT2D eigenvalue weighted by Crippen LogP contribution is 2.12. The van der Waals surface area contributed by atoms with Gasteiger partial charge in [0.1, 0.15) is 0 Å². The highest BCUT2D eigenvalue weighted by Gasteiger charge is 2.22. The first-order valence-electron chi connectivity index (χ1n) is 6.45. The predicted octanol–water partition coefficient (Wildman–Crippen LogP) is 1.36. The monoisotopic (exact) mass is 283 g/mol. The van der Waals surface area contributed by atoms with Gasteiger partial charge in [0.25, 0.3) is 0 Å². The highest BCUT2D eigenvalue weighted by molar-refractivity contribution is 5.94. The van der Waals surface area contributed by atoms with Crippen LogP contribution in [0.3, 0.4) is 0 Å². The molecule has 4 nitrogen and oxygen atoms in total. The number of amides is 1. The summed E-state index contributed by atoms with van der Waals surface area (Å²) in [7, 11) is 1.84. The van der Waals surface area contributed by atoms with Crippen molar-refractivity contribution in [2.75, 3.05) is 38.1 Å². The average molecular weight is 284 g/mol. The lowest BCUT2D eigenvalue weighted by molar-refractivity contribution is -0.120. The van der Waals surface area contributed by atoms with E-state index in [-0.39, 0.29) is 18.3 Å². The molecular formula is C14H22ClN3O. The quantitative estimate of drug-likeness (QED) is 0.910. The van der Waals surface area contributed by atoms with Gasteiger partial charge in [-0.25, -0.2) is 0 Å². The number of piperazine rings is 1. The summed E-state index contributed by atoms with van der Waals surface area (Å²) < 4.78 is 0. The number of para-hydroxylation sites is 1. The Hall–Kier alpha value is -1.10. The van der Waals surface area contributed by atoms with Crippen molar-refractivity contribution < 1.29 is 4.79 Å². The van der Waals surface area contributed by atoms with E-state index in [1.165, 1.54) is 0 Å². The Morgan fingerprint density at radius 1 is 1.42 bits per heavy atom. The molecule has 0 spiro atoms. The van der Waals surface area contributed by atoms with Crippen molar-refractivity contribution in [1.29, 1.82) is 0 Å². The standard InChI is InChI=1S/C14H21N3O.ClH/c1-12-10-15-8-9-17(12)11-14(18)16(2)13-6-4-3-5-7-13;/h3-7,12,15H,8-11H2,1-2H3;1H. The van der Waals surface area contributed by atoms with E-state index in [4.69, 9.17) is 0 Å². The van der Waals surface area contributed by atoms with Gasteiger partial charge in [0.15, 0.2) is 0 Å². The molecule has 19 heavy (non-hydrogen) atoms. The van der Waals surface area contributed by atoms with E-state index in [1.54, 1.807) is 4.90 Å². The van der Waals surface area contributed by atoms with Crippen molar-refractivity contribution in [1.82, 2.24) is 10.2 Å². The molecule has 1 amide bonds. The number of carbonyl (C=O) groups is 1. The van der Waals surface area contributed by atoms with Crippen LogP contribution < -0.4 is 10.2 Å². The van der Waals surface area contributed by atoms with E-state index < -0.39 is 0 Å². The maximum Gasteiger partial charge on any atom is 0.240 e. The molecule has 0 aliphatic carbocycles. The summed E-state index contributed by atoms with van der Waals surface area (Å²) in [6, 6.07) is 10.2. The van der Waals surface area contributed by atoms with Gasteiger partial charge in [0, 0.05) is 38.4 Å². The molecule has 0 radical (unpaired) electrons. The number of nitrogens with one attached hydrogen (secondary N) is 1. The Kier molecular flexibility index (Phi) is 6.28. The third-order valence-corrected chi connectivity index (χ3v) is 3.49. The first-order valence-corrected chi connectivity index (χ1v) is 6.45. The zero-order valence-corrected chi connectivity index (χ0v) is 12.3. The van der Waals surface area contributed by atoms with Crippen LogP contribution >= 0.6 is 12.4 Å². The van der Waals surface area contributed by atoms with Crippen molar-refractivity contribution in [3.8, 4) is 0 Å². The van der Waals surface area contributed by atoms with Crippen LogP contribution in [0.5, 0.6) is 0 Å². The van der Waals surface area contributed by atoms with Gasteiger partial charge in [-0.05, 0) is 19.1 Å². The molecule has 0 saturated carbocycles. The molecule has 5 heteroatoms. The number of benzene rings is 1. The van der Waals surface area contributed by atoms with Crippen LogP contribution in [-0.4, -0.2) is 50.1 Å². The maximum absolute atomic E-state index is 12.2. The van der Waals surface area contributed by atoms with Crippen molar-refractivity contribution in [2.45, 2.75) is 13.0 Å². The molecule has 1 heterocycles. The minimum absolute atomic E-state index is 0. The zero-order valence-electron chi connectivity index (χ0n) is 11.5. The summed E-state index contributed by atoms with van der Waals surface area (Å²) in [6.07, 6.45) is 0. The lowest BCUT2D eigenvalue weighted by Crippen LogP contribution is -2.52. The molecule has 1 saturated heterocycles. The maximum atomic E-state index is 12.2. The van der Waals surface area contributed by atoms with Gasteiger partial charge >= 0.3 is 0 Å². The molecule has 0 aromatic heterocycles. The van der Waals surface area contributed by atoms with Gasteiger partial charge in [-0.2, -0.15) is 0 Å². The molecule has 1 N–H and O–H groups in total. The summed E-state index contributed by atoms with van der Waals surface area (Å²) in [6.45, 7) is 5.51. The van der Waals surface area contributed by atoms with Crippen molar-refractivity contribution >= 4 is 24.0 Å². The Labute approximate surface area is 121 Å². The largest absolute Gasteiger partial charge is 0.314 e. The second-order valence-electron chi connectivity index (χ2n) is 4.81. The summed E-state index contributed by atoms with van der Waals surface area (Å²) in [4.78, 5) is 16.2. The van der Waals surface area contributed by atoms with Crippen molar-refractivity contribution in [3.63, 3.8) is 0 Å². The number of carbonyl (C=O) groups excluding carboxylic acids is 1. The number of hydrogen-bond acceptors (Lipinski definition) is 3. The predicted molar refractivity (Wildman–Crippen MR) is 81.0 cm³/mol. The average Bonchev–Trinajstić information content (AvgIpc) is 2.41. The third-order valence-electron chi connectivity index (χ3n) is 3.49. The fraction of sp³-hybridized carbons (Fsp3) is 0.500. The fourth-order valence-corrected chi connectivity index (χ4v) is 2.19. The van der Waals surface area contributed by atoms with Gasteiger partial charge in [0.05, 0.1) is 6.54 Å². The minimum atomic E-state index is 0. The second-order valence-corrected chi connectivity index (χ2v) is 4.81. The van der Waals surface area contributed by atoms with Gasteiger partial charge in [-0.3, -0.25) is 9.69 Å². The van der Waals surface area contributed by atoms with Crippen LogP contribution in [0, 0.1) is 0 Å². The smallest absolute Gasteiger partial charge is 0.240 e. The van der Waals surface area contributed by atoms with E-state index in [1.807, 2.05) is 37.4 Å². The summed E-state index contributed by atoms with van der Waals surface area (Å²) in [5, 5.41) is 3.33. The molecule has 1 aromatic carbocycles. The number of rotatable bonds is 3. The van der Waals surface area contributed by atoms with Gasteiger partial charge < -0.3 is 10.2 Å². The van der Waals surface area contributed by atoms with E-state index in [2.05, 4.69) is 17.1 Å². The van der Waals surface area contributed by atoms with Gasteiger partial charge in [-0.1, -0.05) is 18.2 Å². The van der Waals surface area contributed by atoms with Crippen LogP contribution in [-0.2, 0) is 4.79 Å². The molecular weight excluding hydrogens is 262 g/mol. The topological polar surface area (TPSA) is 35.6 Å². The first-order chi connectivity index (χ1) is 8.68. The molecule has 1 fully saturated rings. The molecule has 1 aliphatic rings. The van der Waals surface area contributed by atoms with Crippen LogP contribution in [0.15, 0.2) is 30.3 Å². The Morgan fingerprint density at radius 2 is 2.11 bits per heavy atom. The van der Waals surface area contributed by atoms with Gasteiger partial charge in [0.2, 0.25) is 5.91 Å². The summed E-state index contributed by atoms with van der Waals surface area (Å²) >= 11 is 0. The normalized spacial score (nSPS) is 19.6. The first kappa shape index (κ1) is 16.0. The van der Waals surface area contributed by atoms with Crippen molar-refractivity contribution in [3.05, 3.63) is 30.3 Å². The lowest BCUT2D eigenvalue weighted by Gasteiger charge is -2.34. The second kappa shape index (κ2) is 7.48. The zero-order chi connectivity index (χ0) is 13.0. The van der Waals surface area contributed by atoms with Crippen LogP contribution in [0.1, 0.15) is 6.92 Å². The van der Waals surface area contributed by atoms with Crippen LogP contribution in [0.25, 0.3) is 0 Å². The van der Waals surface area contributed by atoms with E-state index in [0.29, 0.717) is 12.6 Å². The van der Waals surface area contributed by atoms with E-state index >= 15 is 0 Å². The number of nitrogens with zero attached hydrogens (tertiary/aromatic N) is 2. The summed E-state index contributed by atoms with van der Waals surface area (Å²) in [5.74, 6) is 0.148. The van der Waals surface area contributed by atoms with E-state index in [0.717, 1.165) is 25.3 Å². The fourth-order valence-electron chi connectivity index (χ4n) is 2.19. The molecule has 106 valence electrons. The Bertz CT molecular complexity index is 399. The number of likely N-dealkylation sites (N-methyl/N-ethyl adjacent to an activating group) is 1. The molecule has 0 bridgehead atoms. The molecule has 1 aromatic rings. The van der Waals surface area contributed by atoms with Crippen molar-refractivity contribution in [2.24, 2.45) is 0 Å². The Balaban J connectivity index is 0.00000180. The highest BCUT2D eigenvalue weighted by atomic mass is 35.5. The van der Waals surface area contributed by atoms with Gasteiger partial charge in [-0.15, -0.1) is 12.4 Å². The molecule has 2 rings (SSSR count). The summed E-state index contributed by atoms with van der Waals surface area (Å²) in [5.41, 5.74) is 0.949. The third kappa shape index (κ3) is 4.20. The molecule has 1 aliphatic heterocycles. The SMILES string of the molecule is CC1CNCCN1CC(=O)N(C)c1ccccc1.Cl. The Morgan fingerprint density at radius 3 is 2.74 bits per heavy atom. The lowest BCUT2D eigenvalue weighted by atomic mass is 10.2. The molecule has 1 unspecified atom stereocenters. The minimum Gasteiger partial charge on any atom is -0.314 e. The van der Waals surface area contributed by atoms with Crippen LogP contribution in [0.2, 0.25) is 0 Å². The number of halogens is 1. The van der Waals surface area contributed by atoms with Crippen LogP contribution in [0.4, 0.5) is 5.69 Å². The number of hydrogen-bond donors (Lipinski definition) is 1. The molecule has 1 atom stereocenters. The number of anilines is 1.